The van der Waals surface area contributed by atoms with Gasteiger partial charge in [-0.25, -0.2) is 4.98 Å². The molecular formula is C12H19N5. The number of nitrogens with one attached hydrogen (secondary N) is 1. The molecule has 0 radical (unpaired) electrons. The first-order valence-corrected chi connectivity index (χ1v) is 6.43. The average molecular weight is 233 g/mol. The van der Waals surface area contributed by atoms with Crippen molar-refractivity contribution < 1.29 is 0 Å². The minimum atomic E-state index is 0.419. The van der Waals surface area contributed by atoms with Crippen molar-refractivity contribution in [3.05, 3.63) is 11.8 Å². The molecule has 1 saturated carbocycles. The van der Waals surface area contributed by atoms with Crippen molar-refractivity contribution >= 4 is 11.8 Å². The minimum absolute atomic E-state index is 0.419. The molecule has 0 bridgehead atoms. The van der Waals surface area contributed by atoms with Crippen LogP contribution in [0.15, 0.2) is 6.07 Å². The van der Waals surface area contributed by atoms with E-state index in [9.17, 15) is 0 Å². The Balaban J connectivity index is 1.84. The van der Waals surface area contributed by atoms with Crippen LogP contribution in [0.25, 0.3) is 0 Å². The maximum atomic E-state index is 5.82. The molecule has 0 spiro atoms. The average Bonchev–Trinajstić information content (AvgIpc) is 2.27. The Morgan fingerprint density at radius 3 is 2.65 bits per heavy atom. The van der Waals surface area contributed by atoms with Gasteiger partial charge in [0.15, 0.2) is 0 Å². The Morgan fingerprint density at radius 1 is 1.24 bits per heavy atom. The van der Waals surface area contributed by atoms with Gasteiger partial charge in [-0.3, -0.25) is 0 Å². The van der Waals surface area contributed by atoms with E-state index in [-0.39, 0.29) is 0 Å². The molecule has 92 valence electrons. The molecule has 1 saturated heterocycles. The molecule has 1 aromatic rings. The second kappa shape index (κ2) is 4.49. The summed E-state index contributed by atoms with van der Waals surface area (Å²) in [5.41, 5.74) is 6.95. The van der Waals surface area contributed by atoms with Crippen LogP contribution in [0.5, 0.6) is 0 Å². The first kappa shape index (κ1) is 10.8. The van der Waals surface area contributed by atoms with Gasteiger partial charge in [0.25, 0.3) is 0 Å². The molecule has 2 heterocycles. The van der Waals surface area contributed by atoms with E-state index in [2.05, 4.69) is 26.3 Å². The van der Waals surface area contributed by atoms with E-state index < -0.39 is 0 Å². The summed E-state index contributed by atoms with van der Waals surface area (Å²) in [6.07, 6.45) is 3.81. The first-order chi connectivity index (χ1) is 8.33. The summed E-state index contributed by atoms with van der Waals surface area (Å²) in [4.78, 5) is 11.0. The van der Waals surface area contributed by atoms with Gasteiger partial charge in [-0.05, 0) is 12.8 Å². The third kappa shape index (κ3) is 2.20. The van der Waals surface area contributed by atoms with E-state index in [1.807, 2.05) is 0 Å². The number of hydrogen-bond donors (Lipinski definition) is 2. The number of piperazine rings is 1. The summed E-state index contributed by atoms with van der Waals surface area (Å²) in [6, 6.07) is 2.13. The van der Waals surface area contributed by atoms with Crippen LogP contribution in [0.3, 0.4) is 0 Å². The summed E-state index contributed by atoms with van der Waals surface area (Å²) in [6.45, 7) is 4.03. The summed E-state index contributed by atoms with van der Waals surface area (Å²) >= 11 is 0. The van der Waals surface area contributed by atoms with Gasteiger partial charge in [0, 0.05) is 38.2 Å². The van der Waals surface area contributed by atoms with Gasteiger partial charge < -0.3 is 16.0 Å². The summed E-state index contributed by atoms with van der Waals surface area (Å²) in [7, 11) is 0. The molecule has 5 heteroatoms. The smallest absolute Gasteiger partial charge is 0.222 e. The normalized spacial score (nSPS) is 21.3. The van der Waals surface area contributed by atoms with Crippen molar-refractivity contribution in [2.24, 2.45) is 0 Å². The fourth-order valence-electron chi connectivity index (χ4n) is 2.44. The van der Waals surface area contributed by atoms with Gasteiger partial charge >= 0.3 is 0 Å². The zero-order valence-corrected chi connectivity index (χ0v) is 10.0. The lowest BCUT2D eigenvalue weighted by Crippen LogP contribution is -2.44. The molecular weight excluding hydrogens is 214 g/mol. The highest BCUT2D eigenvalue weighted by atomic mass is 15.2. The van der Waals surface area contributed by atoms with E-state index in [4.69, 9.17) is 5.73 Å². The Kier molecular flexibility index (Phi) is 2.84. The third-order valence-electron chi connectivity index (χ3n) is 3.71. The number of nitrogen functional groups attached to an aromatic ring is 1. The molecule has 1 aliphatic heterocycles. The highest BCUT2D eigenvalue weighted by molar-refractivity contribution is 5.45. The molecule has 2 fully saturated rings. The maximum absolute atomic E-state index is 5.82. The van der Waals surface area contributed by atoms with Crippen LogP contribution in [-0.4, -0.2) is 36.1 Å². The van der Waals surface area contributed by atoms with Crippen molar-refractivity contribution in [1.29, 1.82) is 0 Å². The maximum Gasteiger partial charge on any atom is 0.222 e. The topological polar surface area (TPSA) is 67.1 Å². The Bertz CT molecular complexity index is 396. The monoisotopic (exact) mass is 233 g/mol. The third-order valence-corrected chi connectivity index (χ3v) is 3.71. The van der Waals surface area contributed by atoms with E-state index in [0.717, 1.165) is 37.7 Å². The van der Waals surface area contributed by atoms with Gasteiger partial charge in [-0.1, -0.05) is 6.42 Å². The second-order valence-corrected chi connectivity index (χ2v) is 4.87. The SMILES string of the molecule is Nc1nc(C2CCC2)cc(N2CCNCC2)n1. The van der Waals surface area contributed by atoms with E-state index >= 15 is 0 Å². The highest BCUT2D eigenvalue weighted by Gasteiger charge is 2.23. The quantitative estimate of drug-likeness (QED) is 0.788. The van der Waals surface area contributed by atoms with Crippen LogP contribution in [0, 0.1) is 0 Å². The Labute approximate surface area is 101 Å². The van der Waals surface area contributed by atoms with E-state index in [1.54, 1.807) is 0 Å². The molecule has 0 atom stereocenters. The molecule has 0 amide bonds. The predicted octanol–water partition coefficient (Wildman–Crippen LogP) is 0.736. The summed E-state index contributed by atoms with van der Waals surface area (Å²) in [5.74, 6) is 2.03. The van der Waals surface area contributed by atoms with Crippen LogP contribution < -0.4 is 16.0 Å². The molecule has 0 unspecified atom stereocenters. The van der Waals surface area contributed by atoms with E-state index in [1.165, 1.54) is 19.3 Å². The zero-order valence-electron chi connectivity index (χ0n) is 10.0. The lowest BCUT2D eigenvalue weighted by Gasteiger charge is -2.30. The number of aromatic nitrogens is 2. The summed E-state index contributed by atoms with van der Waals surface area (Å²) < 4.78 is 0. The van der Waals surface area contributed by atoms with Crippen LogP contribution in [-0.2, 0) is 0 Å². The van der Waals surface area contributed by atoms with E-state index in [0.29, 0.717) is 11.9 Å². The molecule has 3 N–H and O–H groups in total. The number of nitrogens with two attached hydrogens (primary N) is 1. The molecule has 3 rings (SSSR count). The van der Waals surface area contributed by atoms with Gasteiger partial charge in [0.1, 0.15) is 5.82 Å². The summed E-state index contributed by atoms with van der Waals surface area (Å²) in [5, 5.41) is 3.34. The largest absolute Gasteiger partial charge is 0.368 e. The fourth-order valence-corrected chi connectivity index (χ4v) is 2.44. The fraction of sp³-hybridized carbons (Fsp3) is 0.667. The van der Waals surface area contributed by atoms with Crippen molar-refractivity contribution in [1.82, 2.24) is 15.3 Å². The lowest BCUT2D eigenvalue weighted by atomic mass is 9.83. The molecule has 1 aliphatic carbocycles. The highest BCUT2D eigenvalue weighted by Crippen LogP contribution is 2.36. The molecule has 0 aromatic carbocycles. The molecule has 2 aliphatic rings. The van der Waals surface area contributed by atoms with Crippen LogP contribution in [0.1, 0.15) is 30.9 Å². The number of hydrogen-bond acceptors (Lipinski definition) is 5. The van der Waals surface area contributed by atoms with Crippen LogP contribution in [0.4, 0.5) is 11.8 Å². The molecule has 17 heavy (non-hydrogen) atoms. The van der Waals surface area contributed by atoms with Gasteiger partial charge in [0.05, 0.1) is 5.69 Å². The Hall–Kier alpha value is -1.36. The van der Waals surface area contributed by atoms with Crippen molar-refractivity contribution in [3.8, 4) is 0 Å². The number of nitrogens with zero attached hydrogens (tertiary/aromatic N) is 3. The number of anilines is 2. The van der Waals surface area contributed by atoms with Crippen molar-refractivity contribution in [2.45, 2.75) is 25.2 Å². The Morgan fingerprint density at radius 2 is 2.00 bits per heavy atom. The predicted molar refractivity (Wildman–Crippen MR) is 68.1 cm³/mol. The number of rotatable bonds is 2. The minimum Gasteiger partial charge on any atom is -0.368 e. The standard InChI is InChI=1S/C12H19N5/c13-12-15-10(9-2-1-3-9)8-11(16-12)17-6-4-14-5-7-17/h8-9,14H,1-7H2,(H2,13,15,16). The van der Waals surface area contributed by atoms with Crippen molar-refractivity contribution in [2.75, 3.05) is 36.8 Å². The van der Waals surface area contributed by atoms with Crippen LogP contribution >= 0.6 is 0 Å². The lowest BCUT2D eigenvalue weighted by molar-refractivity contribution is 0.411. The van der Waals surface area contributed by atoms with Gasteiger partial charge in [-0.15, -0.1) is 0 Å². The molecule has 5 nitrogen and oxygen atoms in total. The van der Waals surface area contributed by atoms with Gasteiger partial charge in [0.2, 0.25) is 5.95 Å². The second-order valence-electron chi connectivity index (χ2n) is 4.87. The zero-order chi connectivity index (χ0) is 11.7. The first-order valence-electron chi connectivity index (χ1n) is 6.43. The van der Waals surface area contributed by atoms with Crippen LogP contribution in [0.2, 0.25) is 0 Å². The van der Waals surface area contributed by atoms with Gasteiger partial charge in [-0.2, -0.15) is 4.98 Å². The molecule has 1 aromatic heterocycles. The van der Waals surface area contributed by atoms with Crippen molar-refractivity contribution in [3.63, 3.8) is 0 Å².